The fourth-order valence-electron chi connectivity index (χ4n) is 1.61. The Balaban J connectivity index is 1.98. The lowest BCUT2D eigenvalue weighted by Gasteiger charge is -2.15. The normalized spacial score (nSPS) is 11.1. The summed E-state index contributed by atoms with van der Waals surface area (Å²) in [6.07, 6.45) is 0. The number of nitrogens with zero attached hydrogens (tertiary/aromatic N) is 3. The van der Waals surface area contributed by atoms with Gasteiger partial charge in [0.1, 0.15) is 0 Å². The summed E-state index contributed by atoms with van der Waals surface area (Å²) in [5.41, 5.74) is 1.24. The average Bonchev–Trinajstić information content (AvgIpc) is 2.67. The first-order valence-electron chi connectivity index (χ1n) is 5.36. The molecule has 0 saturated carbocycles. The number of aromatic nitrogens is 2. The monoisotopic (exact) mass is 295 g/mol. The summed E-state index contributed by atoms with van der Waals surface area (Å²) in [6, 6.07) is 8.18. The molecule has 5 heteroatoms. The number of benzene rings is 1. The van der Waals surface area contributed by atoms with Crippen LogP contribution in [0.3, 0.4) is 0 Å². The molecule has 0 saturated heterocycles. The Bertz CT molecular complexity index is 498. The molecule has 0 N–H and O–H groups in total. The predicted octanol–water partition coefficient (Wildman–Crippen LogP) is 2.77. The van der Waals surface area contributed by atoms with Crippen LogP contribution in [0.2, 0.25) is 0 Å². The molecule has 90 valence electrons. The summed E-state index contributed by atoms with van der Waals surface area (Å²) in [4.78, 5) is 6.32. The van der Waals surface area contributed by atoms with E-state index in [1.807, 2.05) is 32.2 Å². The van der Waals surface area contributed by atoms with Crippen LogP contribution in [0.1, 0.15) is 17.3 Å². The van der Waals surface area contributed by atoms with Crippen molar-refractivity contribution in [3.63, 3.8) is 0 Å². The molecule has 4 nitrogen and oxygen atoms in total. The summed E-state index contributed by atoms with van der Waals surface area (Å²) in [5.74, 6) is 1.33. The van der Waals surface area contributed by atoms with Crippen LogP contribution < -0.4 is 0 Å². The topological polar surface area (TPSA) is 42.2 Å². The van der Waals surface area contributed by atoms with Gasteiger partial charge in [0.25, 0.3) is 0 Å². The highest BCUT2D eigenvalue weighted by Gasteiger charge is 2.08. The van der Waals surface area contributed by atoms with E-state index in [0.29, 0.717) is 18.3 Å². The first-order chi connectivity index (χ1) is 8.15. The summed E-state index contributed by atoms with van der Waals surface area (Å²) >= 11 is 3.54. The van der Waals surface area contributed by atoms with Crippen molar-refractivity contribution < 1.29 is 4.52 Å². The second-order valence-corrected chi connectivity index (χ2v) is 4.85. The minimum absolute atomic E-state index is 0.650. The van der Waals surface area contributed by atoms with Crippen molar-refractivity contribution in [1.29, 1.82) is 0 Å². The van der Waals surface area contributed by atoms with Gasteiger partial charge < -0.3 is 4.52 Å². The minimum atomic E-state index is 0.650. The third-order valence-corrected chi connectivity index (χ3v) is 3.15. The summed E-state index contributed by atoms with van der Waals surface area (Å²) < 4.78 is 6.21. The van der Waals surface area contributed by atoms with Crippen molar-refractivity contribution in [2.45, 2.75) is 20.0 Å². The van der Waals surface area contributed by atoms with Gasteiger partial charge >= 0.3 is 0 Å². The van der Waals surface area contributed by atoms with E-state index in [4.69, 9.17) is 4.52 Å². The maximum Gasteiger partial charge on any atom is 0.240 e. The summed E-state index contributed by atoms with van der Waals surface area (Å²) in [5, 5.41) is 3.77. The first kappa shape index (κ1) is 12.3. The third-order valence-electron chi connectivity index (χ3n) is 2.37. The van der Waals surface area contributed by atoms with Crippen LogP contribution in [0.15, 0.2) is 33.3 Å². The SMILES string of the molecule is Cc1noc(CN(C)Cc2ccccc2Br)n1. The van der Waals surface area contributed by atoms with E-state index in [-0.39, 0.29) is 0 Å². The lowest BCUT2D eigenvalue weighted by molar-refractivity contribution is 0.260. The fourth-order valence-corrected chi connectivity index (χ4v) is 2.02. The molecule has 0 aliphatic carbocycles. The molecule has 2 rings (SSSR count). The molecular weight excluding hydrogens is 282 g/mol. The highest BCUT2D eigenvalue weighted by atomic mass is 79.9. The van der Waals surface area contributed by atoms with Crippen LogP contribution in [0.25, 0.3) is 0 Å². The Morgan fingerprint density at radius 2 is 2.06 bits per heavy atom. The van der Waals surface area contributed by atoms with Gasteiger partial charge in [-0.25, -0.2) is 0 Å². The second kappa shape index (κ2) is 5.42. The largest absolute Gasteiger partial charge is 0.338 e. The number of aryl methyl sites for hydroxylation is 1. The van der Waals surface area contributed by atoms with E-state index >= 15 is 0 Å². The van der Waals surface area contributed by atoms with Gasteiger partial charge in [0.2, 0.25) is 5.89 Å². The standard InChI is InChI=1S/C12H14BrN3O/c1-9-14-12(17-15-9)8-16(2)7-10-5-3-4-6-11(10)13/h3-6H,7-8H2,1-2H3. The molecule has 0 bridgehead atoms. The quantitative estimate of drug-likeness (QED) is 0.870. The average molecular weight is 296 g/mol. The molecule has 1 aromatic carbocycles. The van der Waals surface area contributed by atoms with E-state index in [1.165, 1.54) is 5.56 Å². The van der Waals surface area contributed by atoms with Crippen molar-refractivity contribution >= 4 is 15.9 Å². The smallest absolute Gasteiger partial charge is 0.240 e. The van der Waals surface area contributed by atoms with E-state index in [2.05, 4.69) is 37.0 Å². The van der Waals surface area contributed by atoms with Gasteiger partial charge in [-0.05, 0) is 25.6 Å². The molecule has 0 atom stereocenters. The number of rotatable bonds is 4. The Hall–Kier alpha value is -1.20. The molecule has 17 heavy (non-hydrogen) atoms. The van der Waals surface area contributed by atoms with Gasteiger partial charge in [0, 0.05) is 11.0 Å². The van der Waals surface area contributed by atoms with Crippen molar-refractivity contribution in [3.8, 4) is 0 Å². The van der Waals surface area contributed by atoms with Crippen LogP contribution in [0.5, 0.6) is 0 Å². The van der Waals surface area contributed by atoms with Crippen LogP contribution in [0.4, 0.5) is 0 Å². The molecule has 2 aromatic rings. The molecule has 0 fully saturated rings. The van der Waals surface area contributed by atoms with Crippen LogP contribution >= 0.6 is 15.9 Å². The van der Waals surface area contributed by atoms with Gasteiger partial charge in [-0.15, -0.1) is 0 Å². The maximum atomic E-state index is 5.09. The number of hydrogen-bond acceptors (Lipinski definition) is 4. The van der Waals surface area contributed by atoms with Crippen LogP contribution in [-0.4, -0.2) is 22.1 Å². The zero-order chi connectivity index (χ0) is 12.3. The predicted molar refractivity (Wildman–Crippen MR) is 68.3 cm³/mol. The van der Waals surface area contributed by atoms with Crippen LogP contribution in [0, 0.1) is 6.92 Å². The Labute approximate surface area is 109 Å². The second-order valence-electron chi connectivity index (χ2n) is 4.00. The van der Waals surface area contributed by atoms with Gasteiger partial charge in [0.15, 0.2) is 5.82 Å². The summed E-state index contributed by atoms with van der Waals surface area (Å²) in [6.45, 7) is 3.31. The van der Waals surface area contributed by atoms with Crippen molar-refractivity contribution in [3.05, 3.63) is 46.0 Å². The fraction of sp³-hybridized carbons (Fsp3) is 0.333. The Morgan fingerprint density at radius 1 is 1.29 bits per heavy atom. The van der Waals surface area contributed by atoms with Gasteiger partial charge in [-0.3, -0.25) is 4.90 Å². The lowest BCUT2D eigenvalue weighted by atomic mass is 10.2. The Kier molecular flexibility index (Phi) is 3.91. The Morgan fingerprint density at radius 3 is 2.71 bits per heavy atom. The van der Waals surface area contributed by atoms with Crippen LogP contribution in [-0.2, 0) is 13.1 Å². The lowest BCUT2D eigenvalue weighted by Crippen LogP contribution is -2.17. The van der Waals surface area contributed by atoms with Gasteiger partial charge in [0.05, 0.1) is 6.54 Å². The molecule has 0 spiro atoms. The molecule has 0 unspecified atom stereocenters. The van der Waals surface area contributed by atoms with Crippen molar-refractivity contribution in [1.82, 2.24) is 15.0 Å². The first-order valence-corrected chi connectivity index (χ1v) is 6.15. The number of hydrogen-bond donors (Lipinski definition) is 0. The highest BCUT2D eigenvalue weighted by molar-refractivity contribution is 9.10. The molecule has 1 heterocycles. The maximum absolute atomic E-state index is 5.09. The number of halogens is 1. The molecule has 0 amide bonds. The molecular formula is C12H14BrN3O. The minimum Gasteiger partial charge on any atom is -0.338 e. The third kappa shape index (κ3) is 3.38. The van der Waals surface area contributed by atoms with E-state index in [9.17, 15) is 0 Å². The molecule has 1 aromatic heterocycles. The molecule has 0 aliphatic heterocycles. The molecule has 0 radical (unpaired) electrons. The molecule has 0 aliphatic rings. The van der Waals surface area contributed by atoms with Gasteiger partial charge in [-0.2, -0.15) is 4.98 Å². The van der Waals surface area contributed by atoms with Crippen molar-refractivity contribution in [2.24, 2.45) is 0 Å². The van der Waals surface area contributed by atoms with E-state index in [1.54, 1.807) is 0 Å². The zero-order valence-electron chi connectivity index (χ0n) is 9.85. The van der Waals surface area contributed by atoms with Gasteiger partial charge in [-0.1, -0.05) is 39.3 Å². The van der Waals surface area contributed by atoms with E-state index < -0.39 is 0 Å². The zero-order valence-corrected chi connectivity index (χ0v) is 11.4. The summed E-state index contributed by atoms with van der Waals surface area (Å²) in [7, 11) is 2.03. The van der Waals surface area contributed by atoms with E-state index in [0.717, 1.165) is 11.0 Å². The van der Waals surface area contributed by atoms with Crippen molar-refractivity contribution in [2.75, 3.05) is 7.05 Å². The highest BCUT2D eigenvalue weighted by Crippen LogP contribution is 2.17.